The van der Waals surface area contributed by atoms with E-state index in [-0.39, 0.29) is 0 Å². The third-order valence-corrected chi connectivity index (χ3v) is 1.88. The number of nitrogen functional groups attached to an aromatic ring is 1. The lowest BCUT2D eigenvalue weighted by Crippen LogP contribution is -1.99. The van der Waals surface area contributed by atoms with Crippen molar-refractivity contribution in [3.63, 3.8) is 0 Å². The average Bonchev–Trinajstić information content (AvgIpc) is 2.26. The molecular formula is C12H15NO2. The monoisotopic (exact) mass is 205 g/mol. The molecule has 0 fully saturated rings. The topological polar surface area (TPSA) is 44.5 Å². The molecule has 0 bridgehead atoms. The van der Waals surface area contributed by atoms with Gasteiger partial charge in [0.05, 0.1) is 19.4 Å². The quantitative estimate of drug-likeness (QED) is 0.465. The zero-order valence-electron chi connectivity index (χ0n) is 9.04. The number of anilines is 1. The molecule has 0 unspecified atom stereocenters. The van der Waals surface area contributed by atoms with Gasteiger partial charge < -0.3 is 15.2 Å². The van der Waals surface area contributed by atoms with E-state index in [2.05, 4.69) is 11.8 Å². The largest absolute Gasteiger partial charge is 0.497 e. The molecule has 1 rings (SSSR count). The highest BCUT2D eigenvalue weighted by Crippen LogP contribution is 2.26. The van der Waals surface area contributed by atoms with Gasteiger partial charge >= 0.3 is 0 Å². The Morgan fingerprint density at radius 2 is 2.20 bits per heavy atom. The first-order valence-corrected chi connectivity index (χ1v) is 4.74. The van der Waals surface area contributed by atoms with Gasteiger partial charge in [-0.25, -0.2) is 0 Å². The first kappa shape index (κ1) is 11.3. The summed E-state index contributed by atoms with van der Waals surface area (Å²) in [6.45, 7) is 2.36. The number of nitrogens with two attached hydrogens (primary N) is 1. The van der Waals surface area contributed by atoms with Gasteiger partial charge in [-0.15, -0.1) is 11.8 Å². The normalized spacial score (nSPS) is 8.93. The number of hydrogen-bond donors (Lipinski definition) is 1. The molecule has 1 aromatic rings. The fourth-order valence-electron chi connectivity index (χ4n) is 1.12. The molecule has 0 aromatic heterocycles. The van der Waals surface area contributed by atoms with Gasteiger partial charge in [-0.3, -0.25) is 0 Å². The summed E-state index contributed by atoms with van der Waals surface area (Å²) in [5, 5.41) is 0. The molecule has 3 nitrogen and oxygen atoms in total. The second-order valence-electron chi connectivity index (χ2n) is 2.93. The molecular weight excluding hydrogens is 190 g/mol. The van der Waals surface area contributed by atoms with Crippen LogP contribution in [-0.2, 0) is 0 Å². The summed E-state index contributed by atoms with van der Waals surface area (Å²) in [4.78, 5) is 0. The maximum absolute atomic E-state index is 5.77. The molecule has 0 heterocycles. The molecule has 3 heteroatoms. The first-order valence-electron chi connectivity index (χ1n) is 4.74. The van der Waals surface area contributed by atoms with E-state index < -0.39 is 0 Å². The predicted octanol–water partition coefficient (Wildman–Crippen LogP) is 2.07. The molecule has 0 aliphatic heterocycles. The van der Waals surface area contributed by atoms with Gasteiger partial charge in [-0.1, -0.05) is 0 Å². The summed E-state index contributed by atoms with van der Waals surface area (Å²) in [5.41, 5.74) is 6.35. The highest BCUT2D eigenvalue weighted by atomic mass is 16.5. The molecule has 0 saturated heterocycles. The van der Waals surface area contributed by atoms with Crippen LogP contribution >= 0.6 is 0 Å². The summed E-state index contributed by atoms with van der Waals surface area (Å²) in [6, 6.07) is 5.35. The molecule has 0 saturated carbocycles. The van der Waals surface area contributed by atoms with Crippen molar-refractivity contribution in [3.05, 3.63) is 18.2 Å². The molecule has 15 heavy (non-hydrogen) atoms. The van der Waals surface area contributed by atoms with E-state index in [0.717, 1.165) is 5.75 Å². The number of benzene rings is 1. The maximum atomic E-state index is 5.77. The maximum Gasteiger partial charge on any atom is 0.142 e. The second kappa shape index (κ2) is 5.82. The smallest absolute Gasteiger partial charge is 0.142 e. The molecule has 0 atom stereocenters. The van der Waals surface area contributed by atoms with E-state index in [0.29, 0.717) is 24.5 Å². The Hall–Kier alpha value is -1.82. The summed E-state index contributed by atoms with van der Waals surface area (Å²) in [7, 11) is 1.60. The molecule has 80 valence electrons. The second-order valence-corrected chi connectivity index (χ2v) is 2.93. The van der Waals surface area contributed by atoms with Crippen LogP contribution in [0.2, 0.25) is 0 Å². The van der Waals surface area contributed by atoms with E-state index in [1.54, 1.807) is 19.2 Å². The lowest BCUT2D eigenvalue weighted by molar-refractivity contribution is 0.328. The minimum atomic E-state index is 0.553. The van der Waals surface area contributed by atoms with Gasteiger partial charge in [0.15, 0.2) is 0 Å². The number of ether oxygens (including phenoxy) is 2. The Bertz CT molecular complexity index is 377. The Kier molecular flexibility index (Phi) is 4.36. The Morgan fingerprint density at radius 3 is 2.80 bits per heavy atom. The molecule has 0 spiro atoms. The zero-order valence-corrected chi connectivity index (χ0v) is 9.04. The highest BCUT2D eigenvalue weighted by molar-refractivity contribution is 5.56. The Balaban J connectivity index is 2.56. The van der Waals surface area contributed by atoms with Crippen molar-refractivity contribution in [1.29, 1.82) is 0 Å². The van der Waals surface area contributed by atoms with Crippen LogP contribution in [0, 0.1) is 11.8 Å². The van der Waals surface area contributed by atoms with Crippen LogP contribution < -0.4 is 15.2 Å². The summed E-state index contributed by atoms with van der Waals surface area (Å²) in [6.07, 6.45) is 0.710. The fourth-order valence-corrected chi connectivity index (χ4v) is 1.12. The van der Waals surface area contributed by atoms with Crippen molar-refractivity contribution in [2.75, 3.05) is 19.5 Å². The first-order chi connectivity index (χ1) is 7.27. The number of methoxy groups -OCH3 is 1. The molecule has 0 aliphatic carbocycles. The summed E-state index contributed by atoms with van der Waals surface area (Å²) < 4.78 is 10.5. The molecule has 2 N–H and O–H groups in total. The molecule has 1 aromatic carbocycles. The van der Waals surface area contributed by atoms with Crippen molar-refractivity contribution < 1.29 is 9.47 Å². The average molecular weight is 205 g/mol. The van der Waals surface area contributed by atoms with Crippen molar-refractivity contribution in [1.82, 2.24) is 0 Å². The predicted molar refractivity (Wildman–Crippen MR) is 61.0 cm³/mol. The van der Waals surface area contributed by atoms with Crippen molar-refractivity contribution in [3.8, 4) is 23.3 Å². The van der Waals surface area contributed by atoms with Crippen LogP contribution in [0.15, 0.2) is 18.2 Å². The summed E-state index contributed by atoms with van der Waals surface area (Å²) in [5.74, 6) is 7.13. The van der Waals surface area contributed by atoms with Crippen LogP contribution in [0.1, 0.15) is 13.3 Å². The molecule has 0 aliphatic rings. The third-order valence-electron chi connectivity index (χ3n) is 1.88. The minimum absolute atomic E-state index is 0.553. The van der Waals surface area contributed by atoms with E-state index >= 15 is 0 Å². The van der Waals surface area contributed by atoms with Gasteiger partial charge in [-0.2, -0.15) is 0 Å². The lowest BCUT2D eigenvalue weighted by Gasteiger charge is -2.08. The van der Waals surface area contributed by atoms with Gasteiger partial charge in [0, 0.05) is 12.5 Å². The van der Waals surface area contributed by atoms with Crippen molar-refractivity contribution in [2.24, 2.45) is 0 Å². The molecule has 0 radical (unpaired) electrons. The van der Waals surface area contributed by atoms with Crippen LogP contribution in [0.3, 0.4) is 0 Å². The Morgan fingerprint density at radius 1 is 1.40 bits per heavy atom. The Labute approximate surface area is 90.2 Å². The van der Waals surface area contributed by atoms with E-state index in [9.17, 15) is 0 Å². The lowest BCUT2D eigenvalue weighted by atomic mass is 10.3. The van der Waals surface area contributed by atoms with E-state index in [1.165, 1.54) is 0 Å². The summed E-state index contributed by atoms with van der Waals surface area (Å²) >= 11 is 0. The van der Waals surface area contributed by atoms with Crippen LogP contribution in [0.5, 0.6) is 11.5 Å². The van der Waals surface area contributed by atoms with Crippen LogP contribution in [0.25, 0.3) is 0 Å². The van der Waals surface area contributed by atoms with Crippen molar-refractivity contribution in [2.45, 2.75) is 13.3 Å². The van der Waals surface area contributed by atoms with E-state index in [4.69, 9.17) is 15.2 Å². The standard InChI is InChI=1S/C12H15NO2/c1-3-4-5-8-15-12-7-6-10(14-2)9-11(12)13/h6-7,9H,5,8,13H2,1-2H3. The highest BCUT2D eigenvalue weighted by Gasteiger charge is 2.01. The van der Waals surface area contributed by atoms with Crippen LogP contribution in [-0.4, -0.2) is 13.7 Å². The van der Waals surface area contributed by atoms with Gasteiger partial charge in [0.2, 0.25) is 0 Å². The minimum Gasteiger partial charge on any atom is -0.497 e. The molecule has 0 amide bonds. The fraction of sp³-hybridized carbons (Fsp3) is 0.333. The van der Waals surface area contributed by atoms with Crippen LogP contribution in [0.4, 0.5) is 5.69 Å². The third kappa shape index (κ3) is 3.43. The number of hydrogen-bond acceptors (Lipinski definition) is 3. The zero-order chi connectivity index (χ0) is 11.1. The number of rotatable bonds is 4. The van der Waals surface area contributed by atoms with E-state index in [1.807, 2.05) is 13.0 Å². The van der Waals surface area contributed by atoms with Crippen molar-refractivity contribution >= 4 is 5.69 Å². The van der Waals surface area contributed by atoms with Gasteiger partial charge in [0.25, 0.3) is 0 Å². The van der Waals surface area contributed by atoms with Gasteiger partial charge in [0.1, 0.15) is 11.5 Å². The SMILES string of the molecule is CC#CCCOc1ccc(OC)cc1N. The van der Waals surface area contributed by atoms with Gasteiger partial charge in [-0.05, 0) is 19.1 Å².